The quantitative estimate of drug-likeness (QED) is 0.886. The maximum Gasteiger partial charge on any atom is 0.319 e. The van der Waals surface area contributed by atoms with Gasteiger partial charge in [0.25, 0.3) is 0 Å². The first-order chi connectivity index (χ1) is 11.1. The fourth-order valence-corrected chi connectivity index (χ4v) is 3.02. The average Bonchev–Trinajstić information content (AvgIpc) is 3.15. The number of carbonyl (C=O) groups is 1. The summed E-state index contributed by atoms with van der Waals surface area (Å²) in [6.45, 7) is 6.79. The molecule has 2 heterocycles. The van der Waals surface area contributed by atoms with E-state index in [9.17, 15) is 4.79 Å². The Morgan fingerprint density at radius 3 is 3.00 bits per heavy atom. The second-order valence-corrected chi connectivity index (χ2v) is 6.61. The third-order valence-electron chi connectivity index (χ3n) is 4.10. The summed E-state index contributed by atoms with van der Waals surface area (Å²) >= 11 is 0. The Bertz CT molecular complexity index is 672. The van der Waals surface area contributed by atoms with Gasteiger partial charge in [-0.25, -0.2) is 4.79 Å². The van der Waals surface area contributed by atoms with Gasteiger partial charge in [-0.1, -0.05) is 13.8 Å². The van der Waals surface area contributed by atoms with E-state index in [1.807, 2.05) is 12.1 Å². The molecule has 5 nitrogen and oxygen atoms in total. The summed E-state index contributed by atoms with van der Waals surface area (Å²) in [6.07, 6.45) is 4.37. The van der Waals surface area contributed by atoms with Crippen molar-refractivity contribution in [2.75, 3.05) is 18.5 Å². The van der Waals surface area contributed by atoms with Crippen molar-refractivity contribution in [3.05, 3.63) is 30.5 Å². The third kappa shape index (κ3) is 4.05. The average molecular weight is 315 g/mol. The monoisotopic (exact) mass is 315 g/mol. The molecule has 1 aromatic carbocycles. The maximum atomic E-state index is 12.0. The highest BCUT2D eigenvalue weighted by Gasteiger charge is 2.16. The standard InChI is InChI=1S/C18H25N3O2/c1-13(2)12-21-8-7-14-10-15(5-6-17(14)21)20-18(22)19-11-16-4-3-9-23-16/h5-8,10,13,16H,3-4,9,11-12H2,1-2H3,(H2,19,20,22). The number of rotatable bonds is 5. The minimum absolute atomic E-state index is 0.160. The zero-order valence-electron chi connectivity index (χ0n) is 13.8. The topological polar surface area (TPSA) is 55.3 Å². The molecular weight excluding hydrogens is 290 g/mol. The van der Waals surface area contributed by atoms with Crippen LogP contribution in [-0.2, 0) is 11.3 Å². The van der Waals surface area contributed by atoms with Crippen LogP contribution in [-0.4, -0.2) is 29.9 Å². The first-order valence-corrected chi connectivity index (χ1v) is 8.37. The van der Waals surface area contributed by atoms with Crippen LogP contribution in [0, 0.1) is 5.92 Å². The number of hydrogen-bond donors (Lipinski definition) is 2. The van der Waals surface area contributed by atoms with E-state index in [0.717, 1.165) is 37.1 Å². The van der Waals surface area contributed by atoms with E-state index in [-0.39, 0.29) is 12.1 Å². The van der Waals surface area contributed by atoms with E-state index < -0.39 is 0 Å². The van der Waals surface area contributed by atoms with Gasteiger partial charge in [-0.05, 0) is 43.0 Å². The number of nitrogens with zero attached hydrogens (tertiary/aromatic N) is 1. The Morgan fingerprint density at radius 1 is 1.39 bits per heavy atom. The number of hydrogen-bond acceptors (Lipinski definition) is 2. The molecule has 1 atom stereocenters. The van der Waals surface area contributed by atoms with Crippen molar-refractivity contribution in [1.82, 2.24) is 9.88 Å². The Morgan fingerprint density at radius 2 is 2.26 bits per heavy atom. The number of carbonyl (C=O) groups excluding carboxylic acids is 1. The van der Waals surface area contributed by atoms with E-state index in [2.05, 4.69) is 47.4 Å². The van der Waals surface area contributed by atoms with Crippen molar-refractivity contribution < 1.29 is 9.53 Å². The zero-order chi connectivity index (χ0) is 16.2. The summed E-state index contributed by atoms with van der Waals surface area (Å²) in [5.41, 5.74) is 2.01. The third-order valence-corrected chi connectivity index (χ3v) is 4.10. The van der Waals surface area contributed by atoms with E-state index in [4.69, 9.17) is 4.74 Å². The van der Waals surface area contributed by atoms with Gasteiger partial charge in [0.15, 0.2) is 0 Å². The van der Waals surface area contributed by atoms with E-state index in [1.165, 1.54) is 5.52 Å². The van der Waals surface area contributed by atoms with Crippen LogP contribution in [0.25, 0.3) is 10.9 Å². The van der Waals surface area contributed by atoms with E-state index >= 15 is 0 Å². The highest BCUT2D eigenvalue weighted by Crippen LogP contribution is 2.21. The molecule has 0 bridgehead atoms. The van der Waals surface area contributed by atoms with Gasteiger partial charge in [-0.2, -0.15) is 0 Å². The summed E-state index contributed by atoms with van der Waals surface area (Å²) < 4.78 is 7.75. The molecule has 1 aromatic heterocycles. The van der Waals surface area contributed by atoms with Crippen LogP contribution in [0.5, 0.6) is 0 Å². The number of aromatic nitrogens is 1. The molecule has 0 saturated carbocycles. The predicted octanol–water partition coefficient (Wildman–Crippen LogP) is 3.60. The summed E-state index contributed by atoms with van der Waals surface area (Å²) in [7, 11) is 0. The number of amides is 2. The zero-order valence-corrected chi connectivity index (χ0v) is 13.8. The molecule has 1 unspecified atom stereocenters. The molecule has 0 radical (unpaired) electrons. The van der Waals surface area contributed by atoms with Gasteiger partial charge >= 0.3 is 6.03 Å². The fraction of sp³-hybridized carbons (Fsp3) is 0.500. The summed E-state index contributed by atoms with van der Waals surface area (Å²) in [5, 5.41) is 6.91. The minimum atomic E-state index is -0.179. The van der Waals surface area contributed by atoms with Crippen LogP contribution in [0.15, 0.2) is 30.5 Å². The Balaban J connectivity index is 1.60. The van der Waals surface area contributed by atoms with Gasteiger partial charge < -0.3 is 19.9 Å². The van der Waals surface area contributed by atoms with E-state index in [1.54, 1.807) is 0 Å². The molecule has 0 spiro atoms. The Hall–Kier alpha value is -2.01. The minimum Gasteiger partial charge on any atom is -0.376 e. The van der Waals surface area contributed by atoms with Crippen molar-refractivity contribution in [3.8, 4) is 0 Å². The molecule has 2 aromatic rings. The van der Waals surface area contributed by atoms with Gasteiger partial charge in [-0.3, -0.25) is 0 Å². The molecule has 1 fully saturated rings. The molecule has 1 saturated heterocycles. The van der Waals surface area contributed by atoms with Crippen molar-refractivity contribution >= 4 is 22.6 Å². The summed E-state index contributed by atoms with van der Waals surface area (Å²) in [6, 6.07) is 7.94. The van der Waals surface area contributed by atoms with Gasteiger partial charge in [0.1, 0.15) is 0 Å². The largest absolute Gasteiger partial charge is 0.376 e. The van der Waals surface area contributed by atoms with Crippen molar-refractivity contribution in [2.45, 2.75) is 39.3 Å². The summed E-state index contributed by atoms with van der Waals surface area (Å²) in [5.74, 6) is 0.604. The lowest BCUT2D eigenvalue weighted by atomic mass is 10.2. The highest BCUT2D eigenvalue weighted by molar-refractivity contribution is 5.92. The molecule has 124 valence electrons. The van der Waals surface area contributed by atoms with Crippen LogP contribution in [0.1, 0.15) is 26.7 Å². The second-order valence-electron chi connectivity index (χ2n) is 6.61. The molecule has 3 rings (SSSR count). The number of urea groups is 1. The Kier molecular flexibility index (Phi) is 4.86. The lowest BCUT2D eigenvalue weighted by molar-refractivity contribution is 0.112. The lowest BCUT2D eigenvalue weighted by Gasteiger charge is -2.12. The second kappa shape index (κ2) is 7.04. The SMILES string of the molecule is CC(C)Cn1ccc2cc(NC(=O)NCC3CCCO3)ccc21. The lowest BCUT2D eigenvalue weighted by Crippen LogP contribution is -2.35. The van der Waals surface area contributed by atoms with Crippen LogP contribution in [0.3, 0.4) is 0 Å². The van der Waals surface area contributed by atoms with E-state index in [0.29, 0.717) is 12.5 Å². The molecule has 2 amide bonds. The number of fused-ring (bicyclic) bond motifs is 1. The molecule has 5 heteroatoms. The molecule has 2 N–H and O–H groups in total. The fourth-order valence-electron chi connectivity index (χ4n) is 3.02. The first-order valence-electron chi connectivity index (χ1n) is 8.37. The highest BCUT2D eigenvalue weighted by atomic mass is 16.5. The van der Waals surface area contributed by atoms with Crippen LogP contribution >= 0.6 is 0 Å². The van der Waals surface area contributed by atoms with Crippen LogP contribution in [0.2, 0.25) is 0 Å². The number of ether oxygens (including phenoxy) is 1. The maximum absolute atomic E-state index is 12.0. The molecule has 0 aliphatic carbocycles. The van der Waals surface area contributed by atoms with Crippen molar-refractivity contribution in [2.24, 2.45) is 5.92 Å². The predicted molar refractivity (Wildman–Crippen MR) is 92.8 cm³/mol. The Labute approximate surface area is 137 Å². The molecule has 23 heavy (non-hydrogen) atoms. The van der Waals surface area contributed by atoms with Gasteiger partial charge in [0.05, 0.1) is 6.10 Å². The number of anilines is 1. The van der Waals surface area contributed by atoms with Crippen LogP contribution < -0.4 is 10.6 Å². The molecule has 1 aliphatic heterocycles. The van der Waals surface area contributed by atoms with Gasteiger partial charge in [0.2, 0.25) is 0 Å². The van der Waals surface area contributed by atoms with Gasteiger partial charge in [0, 0.05) is 42.5 Å². The number of nitrogens with one attached hydrogen (secondary N) is 2. The summed E-state index contributed by atoms with van der Waals surface area (Å²) in [4.78, 5) is 12.0. The molecular formula is C18H25N3O2. The van der Waals surface area contributed by atoms with Crippen molar-refractivity contribution in [1.29, 1.82) is 0 Å². The van der Waals surface area contributed by atoms with Crippen molar-refractivity contribution in [3.63, 3.8) is 0 Å². The normalized spacial score (nSPS) is 17.8. The smallest absolute Gasteiger partial charge is 0.319 e. The van der Waals surface area contributed by atoms with Gasteiger partial charge in [-0.15, -0.1) is 0 Å². The first kappa shape index (κ1) is 15.9. The molecule has 1 aliphatic rings. The number of benzene rings is 1. The van der Waals surface area contributed by atoms with Crippen LogP contribution in [0.4, 0.5) is 10.5 Å².